The average Bonchev–Trinajstić information content (AvgIpc) is 2.82. The van der Waals surface area contributed by atoms with E-state index in [1.54, 1.807) is 13.8 Å². The van der Waals surface area contributed by atoms with Crippen LogP contribution in [0.15, 0.2) is 55.1 Å². The zero-order valence-electron chi connectivity index (χ0n) is 22.4. The summed E-state index contributed by atoms with van der Waals surface area (Å²) in [5, 5.41) is 7.01. The van der Waals surface area contributed by atoms with Crippen molar-refractivity contribution in [3.05, 3.63) is 66.7 Å². The van der Waals surface area contributed by atoms with Gasteiger partial charge in [-0.3, -0.25) is 6.04 Å². The van der Waals surface area contributed by atoms with E-state index in [0.29, 0.717) is 12.5 Å². The Bertz CT molecular complexity index is 898. The van der Waals surface area contributed by atoms with Gasteiger partial charge in [-0.15, -0.1) is 0 Å². The summed E-state index contributed by atoms with van der Waals surface area (Å²) in [5.41, 5.74) is 10.3. The van der Waals surface area contributed by atoms with E-state index in [-0.39, 0.29) is 31.1 Å². The van der Waals surface area contributed by atoms with Crippen LogP contribution in [0.5, 0.6) is 0 Å². The van der Waals surface area contributed by atoms with Gasteiger partial charge in [0.05, 0.1) is 0 Å². The third-order valence-electron chi connectivity index (χ3n) is 6.69. The molecule has 0 aliphatic carbocycles. The van der Waals surface area contributed by atoms with Crippen LogP contribution in [0.4, 0.5) is 10.1 Å². The van der Waals surface area contributed by atoms with Crippen LogP contribution in [0.1, 0.15) is 58.4 Å². The molecule has 0 saturated carbocycles. The third kappa shape index (κ3) is 11.0. The second-order valence-corrected chi connectivity index (χ2v) is 10.7. The van der Waals surface area contributed by atoms with Crippen LogP contribution in [0, 0.1) is 43.1 Å². The minimum absolute atomic E-state index is 0. The van der Waals surface area contributed by atoms with E-state index in [9.17, 15) is 4.39 Å². The Kier molecular flexibility index (Phi) is 13.0. The predicted octanol–water partition coefficient (Wildman–Crippen LogP) is 6.47. The summed E-state index contributed by atoms with van der Waals surface area (Å²) in [7, 11) is 0. The van der Waals surface area contributed by atoms with E-state index in [1.165, 1.54) is 11.1 Å². The summed E-state index contributed by atoms with van der Waals surface area (Å²) in [6.45, 7) is 13.9. The molecule has 0 spiro atoms. The van der Waals surface area contributed by atoms with Crippen LogP contribution in [0.2, 0.25) is 0 Å². The van der Waals surface area contributed by atoms with Gasteiger partial charge in [-0.2, -0.15) is 13.3 Å². The van der Waals surface area contributed by atoms with Crippen LogP contribution in [0.25, 0.3) is 16.8 Å². The first-order valence-electron chi connectivity index (χ1n) is 13.1. The second kappa shape index (κ2) is 15.2. The maximum absolute atomic E-state index is 13.9. The molecule has 0 bridgehead atoms. The first-order chi connectivity index (χ1) is 16.7. The molecule has 0 unspecified atom stereocenters. The molecule has 4 N–H and O–H groups in total. The molecule has 2 aromatic rings. The molecule has 0 amide bonds. The number of unbranched alkanes of at least 4 members (excludes halogenated alkanes) is 1. The maximum atomic E-state index is 13.9. The van der Waals surface area contributed by atoms with Crippen molar-refractivity contribution in [2.45, 2.75) is 58.5 Å². The summed E-state index contributed by atoms with van der Waals surface area (Å²) >= 11 is 0. The van der Waals surface area contributed by atoms with Crippen LogP contribution < -0.4 is 16.4 Å². The van der Waals surface area contributed by atoms with Crippen molar-refractivity contribution in [3.63, 3.8) is 0 Å². The van der Waals surface area contributed by atoms with Crippen molar-refractivity contribution in [1.82, 2.24) is 10.2 Å². The number of halogens is 1. The van der Waals surface area contributed by atoms with E-state index in [2.05, 4.69) is 70.6 Å². The molecule has 0 radical (unpaired) electrons. The summed E-state index contributed by atoms with van der Waals surface area (Å²) in [6.07, 6.45) is 5.42. The van der Waals surface area contributed by atoms with Crippen LogP contribution in [-0.2, 0) is 0 Å². The van der Waals surface area contributed by atoms with Gasteiger partial charge in [0.2, 0.25) is 0 Å². The van der Waals surface area contributed by atoms with Crippen molar-refractivity contribution in [2.75, 3.05) is 38.0 Å². The molecule has 1 fully saturated rings. The molecule has 1 heterocycles. The standard InChI is InChI=1S/C30H44FN4.U/c1-23(32)7-5-6-18-33-24(2)26-8-10-27(11-9-26)28-12-14-29(15-13-28)34-21-25-16-19-35(20-17-25)22-30(3,4)31;/h8-15,25,33-34H,2,5-7,16-22,32H2,1,3-4H3;/q-1;. The van der Waals surface area contributed by atoms with Gasteiger partial charge < -0.3 is 21.3 Å². The van der Waals surface area contributed by atoms with Crippen molar-refractivity contribution in [3.8, 4) is 11.1 Å². The van der Waals surface area contributed by atoms with E-state index >= 15 is 0 Å². The molecule has 0 aromatic heterocycles. The topological polar surface area (TPSA) is 53.3 Å². The van der Waals surface area contributed by atoms with E-state index in [0.717, 1.165) is 81.3 Å². The van der Waals surface area contributed by atoms with Gasteiger partial charge in [0, 0.05) is 62.1 Å². The molecule has 1 saturated heterocycles. The number of rotatable bonds is 13. The summed E-state index contributed by atoms with van der Waals surface area (Å²) in [4.78, 5) is 2.25. The van der Waals surface area contributed by atoms with Crippen molar-refractivity contribution in [1.29, 1.82) is 0 Å². The van der Waals surface area contributed by atoms with E-state index in [1.807, 2.05) is 6.92 Å². The fourth-order valence-corrected chi connectivity index (χ4v) is 4.66. The summed E-state index contributed by atoms with van der Waals surface area (Å²) in [6, 6.07) is 18.2. The smallest absolute Gasteiger partial charge is 0.118 e. The van der Waals surface area contributed by atoms with Crippen LogP contribution in [0.3, 0.4) is 0 Å². The molecule has 6 heteroatoms. The Morgan fingerprint density at radius 3 is 2.19 bits per heavy atom. The number of nitrogens with zero attached hydrogens (tertiary/aromatic N) is 1. The Morgan fingerprint density at radius 1 is 1.06 bits per heavy atom. The zero-order chi connectivity index (χ0) is 25.3. The minimum atomic E-state index is -1.11. The zero-order valence-corrected chi connectivity index (χ0v) is 26.5. The first-order valence-corrected chi connectivity index (χ1v) is 13.1. The average molecular weight is 718 g/mol. The fraction of sp³-hybridized carbons (Fsp3) is 0.500. The first kappa shape index (κ1) is 30.9. The van der Waals surface area contributed by atoms with Crippen molar-refractivity contribution >= 4 is 11.4 Å². The van der Waals surface area contributed by atoms with Gasteiger partial charge >= 0.3 is 0 Å². The predicted molar refractivity (Wildman–Crippen MR) is 149 cm³/mol. The number of nitrogens with one attached hydrogen (secondary N) is 2. The third-order valence-corrected chi connectivity index (χ3v) is 6.69. The number of alkyl halides is 1. The van der Waals surface area contributed by atoms with Gasteiger partial charge in [-0.05, 0) is 80.9 Å². The Hall–Kier alpha value is -1.32. The van der Waals surface area contributed by atoms with Crippen LogP contribution >= 0.6 is 0 Å². The molecule has 1 aliphatic heterocycles. The monoisotopic (exact) mass is 717 g/mol. The molecule has 3 rings (SSSR count). The largest absolute Gasteiger partial charge is 0.481 e. The number of hydrogen-bond donors (Lipinski definition) is 3. The molecule has 4 nitrogen and oxygen atoms in total. The van der Waals surface area contributed by atoms with Crippen molar-refractivity contribution < 1.29 is 35.5 Å². The number of nitrogens with two attached hydrogens (primary N) is 1. The van der Waals surface area contributed by atoms with E-state index < -0.39 is 5.67 Å². The van der Waals surface area contributed by atoms with Gasteiger partial charge in [0.25, 0.3) is 0 Å². The Labute approximate surface area is 242 Å². The molecule has 196 valence electrons. The van der Waals surface area contributed by atoms with Gasteiger partial charge in [-0.25, -0.2) is 4.39 Å². The fourth-order valence-electron chi connectivity index (χ4n) is 4.66. The number of likely N-dealkylation sites (tertiary alicyclic amines) is 1. The van der Waals surface area contributed by atoms with Gasteiger partial charge in [0.1, 0.15) is 5.67 Å². The van der Waals surface area contributed by atoms with Gasteiger partial charge in [0.15, 0.2) is 0 Å². The van der Waals surface area contributed by atoms with Crippen molar-refractivity contribution in [2.24, 2.45) is 11.7 Å². The normalized spacial score (nSPS) is 14.9. The maximum Gasteiger partial charge on any atom is 0.118 e. The van der Waals surface area contributed by atoms with Crippen LogP contribution in [-0.4, -0.2) is 43.3 Å². The SMILES string of the molecule is C=C(NCCCC[C-](C)N)c1ccc(-c2ccc(NCC3CCN(CC(C)(C)F)CC3)cc2)cc1.[U]. The Balaban J connectivity index is 0.00000456. The Morgan fingerprint density at radius 2 is 1.64 bits per heavy atom. The minimum Gasteiger partial charge on any atom is -0.481 e. The molecule has 2 aromatic carbocycles. The number of anilines is 1. The summed E-state index contributed by atoms with van der Waals surface area (Å²) in [5.74, 6) is 0.644. The number of piperidine rings is 1. The number of benzene rings is 2. The molecule has 0 atom stereocenters. The quantitative estimate of drug-likeness (QED) is 0.165. The van der Waals surface area contributed by atoms with Gasteiger partial charge in [-0.1, -0.05) is 49.4 Å². The molecule has 1 aliphatic rings. The second-order valence-electron chi connectivity index (χ2n) is 10.7. The number of hydrogen-bond acceptors (Lipinski definition) is 4. The summed E-state index contributed by atoms with van der Waals surface area (Å²) < 4.78 is 13.9. The molecule has 36 heavy (non-hydrogen) atoms. The van der Waals surface area contributed by atoms with E-state index in [4.69, 9.17) is 5.73 Å². The molecular weight excluding hydrogens is 673 g/mol. The molecular formula is C30H44FN4U-.